The number of halogens is 1. The quantitative estimate of drug-likeness (QED) is 0.370. The van der Waals surface area contributed by atoms with Crippen LogP contribution in [0.3, 0.4) is 0 Å². The molecule has 0 spiro atoms. The van der Waals surface area contributed by atoms with Gasteiger partial charge in [0.15, 0.2) is 5.96 Å². The van der Waals surface area contributed by atoms with Crippen molar-refractivity contribution < 1.29 is 9.47 Å². The smallest absolute Gasteiger partial charge is 0.188 e. The summed E-state index contributed by atoms with van der Waals surface area (Å²) in [5, 5.41) is 3.11. The van der Waals surface area contributed by atoms with Crippen LogP contribution in [-0.4, -0.2) is 58.4 Å². The topological polar surface area (TPSA) is 72.1 Å². The minimum Gasteiger partial charge on any atom is -0.497 e. The highest BCUT2D eigenvalue weighted by Gasteiger charge is 2.14. The molecule has 6 nitrogen and oxygen atoms in total. The minimum absolute atomic E-state index is 0. The lowest BCUT2D eigenvalue weighted by Crippen LogP contribution is -2.41. The summed E-state index contributed by atoms with van der Waals surface area (Å²) in [6.45, 7) is 3.17. The molecular weight excluding hydrogens is 407 g/mol. The maximum atomic E-state index is 5.92. The van der Waals surface area contributed by atoms with Crippen LogP contribution in [0, 0.1) is 0 Å². The van der Waals surface area contributed by atoms with Crippen molar-refractivity contribution in [3.8, 4) is 5.75 Å². The van der Waals surface area contributed by atoms with E-state index in [-0.39, 0.29) is 36.1 Å². The zero-order valence-electron chi connectivity index (χ0n) is 14.6. The number of nitrogens with two attached hydrogens (primary N) is 1. The Labute approximate surface area is 156 Å². The molecule has 1 rings (SSSR count). The first-order valence-corrected chi connectivity index (χ1v) is 7.33. The Balaban J connectivity index is 0.00000484. The SMILES string of the molecule is COCC(C)NC(N)=NCC(c1ccc(OC)cc1)N(C)C.I. The van der Waals surface area contributed by atoms with Gasteiger partial charge in [-0.3, -0.25) is 4.99 Å². The fraction of sp³-hybridized carbons (Fsp3) is 0.562. The Bertz CT molecular complexity index is 466. The normalized spacial score (nSPS) is 14.1. The predicted octanol–water partition coefficient (Wildman–Crippen LogP) is 1.86. The molecule has 0 saturated carbocycles. The molecular formula is C16H29IN4O2. The third-order valence-electron chi connectivity index (χ3n) is 3.37. The van der Waals surface area contributed by atoms with E-state index in [4.69, 9.17) is 15.2 Å². The lowest BCUT2D eigenvalue weighted by molar-refractivity contribution is 0.179. The third-order valence-corrected chi connectivity index (χ3v) is 3.37. The number of likely N-dealkylation sites (N-methyl/N-ethyl adjacent to an activating group) is 1. The van der Waals surface area contributed by atoms with Crippen molar-refractivity contribution in [3.63, 3.8) is 0 Å². The first-order chi connectivity index (χ1) is 10.5. The number of hydrogen-bond donors (Lipinski definition) is 2. The first-order valence-electron chi connectivity index (χ1n) is 7.33. The van der Waals surface area contributed by atoms with Gasteiger partial charge in [0, 0.05) is 13.2 Å². The number of rotatable bonds is 8. The van der Waals surface area contributed by atoms with Crippen molar-refractivity contribution in [2.24, 2.45) is 10.7 Å². The largest absolute Gasteiger partial charge is 0.497 e. The number of nitrogens with zero attached hydrogens (tertiary/aromatic N) is 2. The molecule has 7 heteroatoms. The molecule has 23 heavy (non-hydrogen) atoms. The fourth-order valence-electron chi connectivity index (χ4n) is 2.17. The van der Waals surface area contributed by atoms with E-state index < -0.39 is 0 Å². The molecule has 2 atom stereocenters. The Morgan fingerprint density at radius 1 is 1.26 bits per heavy atom. The second-order valence-corrected chi connectivity index (χ2v) is 5.48. The number of benzene rings is 1. The molecule has 0 aliphatic heterocycles. The van der Waals surface area contributed by atoms with E-state index in [0.29, 0.717) is 19.1 Å². The Kier molecular flexibility index (Phi) is 10.9. The van der Waals surface area contributed by atoms with Crippen LogP contribution in [0.1, 0.15) is 18.5 Å². The summed E-state index contributed by atoms with van der Waals surface area (Å²) in [6.07, 6.45) is 0. The molecule has 0 aliphatic carbocycles. The van der Waals surface area contributed by atoms with Gasteiger partial charge in [0.2, 0.25) is 0 Å². The van der Waals surface area contributed by atoms with Gasteiger partial charge in [-0.1, -0.05) is 12.1 Å². The van der Waals surface area contributed by atoms with E-state index in [9.17, 15) is 0 Å². The molecule has 0 aromatic heterocycles. The number of hydrogen-bond acceptors (Lipinski definition) is 4. The van der Waals surface area contributed by atoms with Gasteiger partial charge >= 0.3 is 0 Å². The molecule has 0 heterocycles. The van der Waals surface area contributed by atoms with Crippen LogP contribution in [-0.2, 0) is 4.74 Å². The molecule has 0 aliphatic rings. The summed E-state index contributed by atoms with van der Waals surface area (Å²) in [5.74, 6) is 1.28. The number of ether oxygens (including phenoxy) is 2. The van der Waals surface area contributed by atoms with Crippen molar-refractivity contribution >= 4 is 29.9 Å². The maximum absolute atomic E-state index is 5.92. The zero-order chi connectivity index (χ0) is 16.5. The Morgan fingerprint density at radius 3 is 2.35 bits per heavy atom. The minimum atomic E-state index is 0. The number of guanidine groups is 1. The van der Waals surface area contributed by atoms with Gasteiger partial charge in [-0.05, 0) is 38.7 Å². The lowest BCUT2D eigenvalue weighted by Gasteiger charge is -2.23. The van der Waals surface area contributed by atoms with Gasteiger partial charge in [0.25, 0.3) is 0 Å². The molecule has 0 bridgehead atoms. The van der Waals surface area contributed by atoms with E-state index in [0.717, 1.165) is 5.75 Å². The Morgan fingerprint density at radius 2 is 1.87 bits per heavy atom. The molecule has 1 aromatic rings. The fourth-order valence-corrected chi connectivity index (χ4v) is 2.17. The standard InChI is InChI=1S/C16H28N4O2.HI/c1-12(11-21-4)19-16(17)18-10-15(20(2)3)13-6-8-14(22-5)9-7-13;/h6-9,12,15H,10-11H2,1-5H3,(H3,17,18,19);1H. The molecule has 132 valence electrons. The highest BCUT2D eigenvalue weighted by atomic mass is 127. The van der Waals surface area contributed by atoms with Gasteiger partial charge in [-0.15, -0.1) is 24.0 Å². The molecule has 0 saturated heterocycles. The predicted molar refractivity (Wildman–Crippen MR) is 106 cm³/mol. The van der Waals surface area contributed by atoms with Gasteiger partial charge in [-0.25, -0.2) is 0 Å². The van der Waals surface area contributed by atoms with Crippen LogP contribution in [0.5, 0.6) is 5.75 Å². The monoisotopic (exact) mass is 436 g/mol. The molecule has 3 N–H and O–H groups in total. The average molecular weight is 436 g/mol. The van der Waals surface area contributed by atoms with E-state index in [1.54, 1.807) is 14.2 Å². The third kappa shape index (κ3) is 7.85. The van der Waals surface area contributed by atoms with E-state index in [2.05, 4.69) is 27.3 Å². The maximum Gasteiger partial charge on any atom is 0.188 e. The van der Waals surface area contributed by atoms with Gasteiger partial charge in [0.05, 0.1) is 26.3 Å². The summed E-state index contributed by atoms with van der Waals surface area (Å²) >= 11 is 0. The van der Waals surface area contributed by atoms with Gasteiger partial charge in [-0.2, -0.15) is 0 Å². The molecule has 0 fully saturated rings. The van der Waals surface area contributed by atoms with Crippen molar-refractivity contribution in [1.29, 1.82) is 0 Å². The van der Waals surface area contributed by atoms with Crippen LogP contribution < -0.4 is 15.8 Å². The van der Waals surface area contributed by atoms with E-state index >= 15 is 0 Å². The van der Waals surface area contributed by atoms with Crippen LogP contribution in [0.25, 0.3) is 0 Å². The number of aliphatic imine (C=N–C) groups is 1. The summed E-state index contributed by atoms with van der Waals surface area (Å²) < 4.78 is 10.3. The van der Waals surface area contributed by atoms with E-state index in [1.165, 1.54) is 5.56 Å². The van der Waals surface area contributed by atoms with Crippen LogP contribution in [0.4, 0.5) is 0 Å². The van der Waals surface area contributed by atoms with Gasteiger partial charge < -0.3 is 25.4 Å². The van der Waals surface area contributed by atoms with Crippen LogP contribution >= 0.6 is 24.0 Å². The summed E-state index contributed by atoms with van der Waals surface area (Å²) in [5.41, 5.74) is 7.10. The lowest BCUT2D eigenvalue weighted by atomic mass is 10.1. The summed E-state index contributed by atoms with van der Waals surface area (Å²) in [6, 6.07) is 8.30. The molecule has 2 unspecified atom stereocenters. The van der Waals surface area contributed by atoms with Crippen molar-refractivity contribution in [2.45, 2.75) is 19.0 Å². The summed E-state index contributed by atoms with van der Waals surface area (Å²) in [7, 11) is 7.39. The average Bonchev–Trinajstić information content (AvgIpc) is 2.48. The second kappa shape index (κ2) is 11.5. The molecule has 0 radical (unpaired) electrons. The van der Waals surface area contributed by atoms with E-state index in [1.807, 2.05) is 33.2 Å². The highest BCUT2D eigenvalue weighted by Crippen LogP contribution is 2.21. The van der Waals surface area contributed by atoms with Crippen molar-refractivity contribution in [2.75, 3.05) is 41.5 Å². The second-order valence-electron chi connectivity index (χ2n) is 5.48. The molecule has 0 amide bonds. The first kappa shape index (κ1) is 21.9. The zero-order valence-corrected chi connectivity index (χ0v) is 16.9. The Hall–Kier alpha value is -1.06. The van der Waals surface area contributed by atoms with Gasteiger partial charge in [0.1, 0.15) is 5.75 Å². The number of nitrogens with one attached hydrogen (secondary N) is 1. The van der Waals surface area contributed by atoms with Crippen molar-refractivity contribution in [1.82, 2.24) is 10.2 Å². The highest BCUT2D eigenvalue weighted by molar-refractivity contribution is 14.0. The van der Waals surface area contributed by atoms with Crippen LogP contribution in [0.2, 0.25) is 0 Å². The molecule has 1 aromatic carbocycles. The van der Waals surface area contributed by atoms with Crippen LogP contribution in [0.15, 0.2) is 29.3 Å². The number of methoxy groups -OCH3 is 2. The van der Waals surface area contributed by atoms with Crippen molar-refractivity contribution in [3.05, 3.63) is 29.8 Å². The summed E-state index contributed by atoms with van der Waals surface area (Å²) in [4.78, 5) is 6.56.